The number of rotatable bonds is 5. The summed E-state index contributed by atoms with van der Waals surface area (Å²) in [5.41, 5.74) is 2.71. The normalized spacial score (nSPS) is 14.9. The lowest BCUT2D eigenvalue weighted by molar-refractivity contribution is 0.480. The van der Waals surface area contributed by atoms with E-state index in [1.165, 1.54) is 16.3 Å². The third-order valence-electron chi connectivity index (χ3n) is 4.01. The number of nitrogens with one attached hydrogen (secondary N) is 1. The van der Waals surface area contributed by atoms with Gasteiger partial charge in [0.1, 0.15) is 0 Å². The van der Waals surface area contributed by atoms with Gasteiger partial charge in [0.25, 0.3) is 0 Å². The molecular formula is C18H26N2S. The number of thiazole rings is 1. The zero-order chi connectivity index (χ0) is 15.5. The first-order valence-electron chi connectivity index (χ1n) is 7.59. The highest BCUT2D eigenvalue weighted by Gasteiger charge is 2.21. The lowest BCUT2D eigenvalue weighted by atomic mass is 9.91. The third-order valence-corrected chi connectivity index (χ3v) is 4.89. The van der Waals surface area contributed by atoms with E-state index in [0.29, 0.717) is 12.0 Å². The Labute approximate surface area is 132 Å². The Morgan fingerprint density at radius 3 is 2.38 bits per heavy atom. The number of aromatic nitrogens is 1. The van der Waals surface area contributed by atoms with E-state index >= 15 is 0 Å². The summed E-state index contributed by atoms with van der Waals surface area (Å²) in [6, 6.07) is 11.1. The molecule has 0 saturated heterocycles. The Morgan fingerprint density at radius 2 is 1.86 bits per heavy atom. The maximum Gasteiger partial charge on any atom is 0.0944 e. The largest absolute Gasteiger partial charge is 0.316 e. The van der Waals surface area contributed by atoms with E-state index in [2.05, 4.69) is 68.7 Å². The lowest BCUT2D eigenvalue weighted by Gasteiger charge is -2.23. The highest BCUT2D eigenvalue weighted by molar-refractivity contribution is 7.09. The van der Waals surface area contributed by atoms with Crippen molar-refractivity contribution in [1.82, 2.24) is 10.3 Å². The standard InChI is InChI=1S/C18H26N2S/c1-13(14-9-7-6-8-10-14)15(19-5)11-17-20-16(12-21-17)18(2,3)4/h6-10,12-13,15,19H,11H2,1-5H3. The predicted octanol–water partition coefficient (Wildman–Crippen LogP) is 4.37. The summed E-state index contributed by atoms with van der Waals surface area (Å²) in [6.07, 6.45) is 0.979. The van der Waals surface area contributed by atoms with Crippen LogP contribution in [0.15, 0.2) is 35.7 Å². The summed E-state index contributed by atoms with van der Waals surface area (Å²) in [7, 11) is 2.04. The van der Waals surface area contributed by atoms with E-state index in [1.807, 2.05) is 7.05 Å². The van der Waals surface area contributed by atoms with Crippen LogP contribution < -0.4 is 5.32 Å². The molecule has 0 aliphatic heterocycles. The molecule has 0 saturated carbocycles. The van der Waals surface area contributed by atoms with Crippen molar-refractivity contribution in [1.29, 1.82) is 0 Å². The van der Waals surface area contributed by atoms with Gasteiger partial charge in [0.05, 0.1) is 10.7 Å². The van der Waals surface area contributed by atoms with Gasteiger partial charge < -0.3 is 5.32 Å². The monoisotopic (exact) mass is 302 g/mol. The number of hydrogen-bond donors (Lipinski definition) is 1. The minimum atomic E-state index is 0.134. The molecule has 0 aliphatic rings. The Kier molecular flexibility index (Phi) is 5.17. The van der Waals surface area contributed by atoms with Crippen molar-refractivity contribution in [3.05, 3.63) is 52.0 Å². The zero-order valence-corrected chi connectivity index (χ0v) is 14.5. The average Bonchev–Trinajstić information content (AvgIpc) is 2.93. The Morgan fingerprint density at radius 1 is 1.19 bits per heavy atom. The van der Waals surface area contributed by atoms with Gasteiger partial charge in [-0.2, -0.15) is 0 Å². The van der Waals surface area contributed by atoms with E-state index < -0.39 is 0 Å². The summed E-state index contributed by atoms with van der Waals surface area (Å²) in [6.45, 7) is 8.94. The van der Waals surface area contributed by atoms with Crippen LogP contribution in [-0.2, 0) is 11.8 Å². The van der Waals surface area contributed by atoms with Gasteiger partial charge in [0.2, 0.25) is 0 Å². The lowest BCUT2D eigenvalue weighted by Crippen LogP contribution is -2.33. The second-order valence-electron chi connectivity index (χ2n) is 6.68. The van der Waals surface area contributed by atoms with Crippen molar-refractivity contribution >= 4 is 11.3 Å². The molecule has 1 aromatic carbocycles. The fourth-order valence-corrected chi connectivity index (χ4v) is 3.54. The first-order valence-corrected chi connectivity index (χ1v) is 8.47. The molecule has 0 fully saturated rings. The van der Waals surface area contributed by atoms with Crippen LogP contribution in [0.5, 0.6) is 0 Å². The molecule has 114 valence electrons. The molecule has 0 spiro atoms. The van der Waals surface area contributed by atoms with Crippen LogP contribution in [0.25, 0.3) is 0 Å². The molecule has 0 aliphatic carbocycles. The summed E-state index contributed by atoms with van der Waals surface area (Å²) >= 11 is 1.78. The predicted molar refractivity (Wildman–Crippen MR) is 92.2 cm³/mol. The van der Waals surface area contributed by atoms with E-state index in [1.54, 1.807) is 11.3 Å². The van der Waals surface area contributed by atoms with Gasteiger partial charge in [-0.15, -0.1) is 11.3 Å². The fraction of sp³-hybridized carbons (Fsp3) is 0.500. The van der Waals surface area contributed by atoms with Gasteiger partial charge in [0, 0.05) is 23.3 Å². The summed E-state index contributed by atoms with van der Waals surface area (Å²) in [5.74, 6) is 0.471. The number of likely N-dealkylation sites (N-methyl/N-ethyl adjacent to an activating group) is 1. The van der Waals surface area contributed by atoms with Crippen LogP contribution in [-0.4, -0.2) is 18.1 Å². The van der Waals surface area contributed by atoms with Gasteiger partial charge in [-0.1, -0.05) is 58.0 Å². The van der Waals surface area contributed by atoms with Crippen LogP contribution in [0.1, 0.15) is 49.9 Å². The second-order valence-corrected chi connectivity index (χ2v) is 7.62. The molecule has 0 radical (unpaired) electrons. The molecule has 2 atom stereocenters. The van der Waals surface area contributed by atoms with Crippen molar-refractivity contribution in [2.24, 2.45) is 0 Å². The summed E-state index contributed by atoms with van der Waals surface area (Å²) in [4.78, 5) is 4.82. The molecule has 21 heavy (non-hydrogen) atoms. The van der Waals surface area contributed by atoms with Crippen molar-refractivity contribution < 1.29 is 0 Å². The first-order chi connectivity index (χ1) is 9.91. The molecule has 1 aromatic heterocycles. The van der Waals surface area contributed by atoms with Gasteiger partial charge in [0.15, 0.2) is 0 Å². The van der Waals surface area contributed by atoms with Crippen molar-refractivity contribution in [2.45, 2.75) is 51.5 Å². The quantitative estimate of drug-likeness (QED) is 0.887. The Bertz CT molecular complexity index is 554. The van der Waals surface area contributed by atoms with Gasteiger partial charge in [-0.25, -0.2) is 4.98 Å². The summed E-state index contributed by atoms with van der Waals surface area (Å²) < 4.78 is 0. The molecule has 0 amide bonds. The SMILES string of the molecule is CNC(Cc1nc(C(C)(C)C)cs1)C(C)c1ccccc1. The van der Waals surface area contributed by atoms with E-state index in [9.17, 15) is 0 Å². The third kappa shape index (κ3) is 4.14. The first kappa shape index (κ1) is 16.2. The Balaban J connectivity index is 2.11. The van der Waals surface area contributed by atoms with E-state index in [-0.39, 0.29) is 5.41 Å². The smallest absolute Gasteiger partial charge is 0.0944 e. The number of nitrogens with zero attached hydrogens (tertiary/aromatic N) is 1. The van der Waals surface area contributed by atoms with Crippen molar-refractivity contribution in [3.63, 3.8) is 0 Å². The molecule has 2 nitrogen and oxygen atoms in total. The molecule has 0 bridgehead atoms. The van der Waals surface area contributed by atoms with Crippen LogP contribution in [0, 0.1) is 0 Å². The minimum Gasteiger partial charge on any atom is -0.316 e. The highest BCUT2D eigenvalue weighted by Crippen LogP contribution is 2.27. The minimum absolute atomic E-state index is 0.134. The van der Waals surface area contributed by atoms with Gasteiger partial charge in [-0.05, 0) is 18.5 Å². The average molecular weight is 302 g/mol. The summed E-state index contributed by atoms with van der Waals surface area (Å²) in [5, 5.41) is 6.89. The van der Waals surface area contributed by atoms with E-state index in [0.717, 1.165) is 6.42 Å². The second kappa shape index (κ2) is 6.71. The van der Waals surface area contributed by atoms with Gasteiger partial charge in [-0.3, -0.25) is 0 Å². The number of hydrogen-bond acceptors (Lipinski definition) is 3. The molecule has 3 heteroatoms. The van der Waals surface area contributed by atoms with Crippen LogP contribution >= 0.6 is 11.3 Å². The molecular weight excluding hydrogens is 276 g/mol. The van der Waals surface area contributed by atoms with Crippen LogP contribution in [0.4, 0.5) is 0 Å². The Hall–Kier alpha value is -1.19. The molecule has 1 N–H and O–H groups in total. The van der Waals surface area contributed by atoms with Crippen molar-refractivity contribution in [2.75, 3.05) is 7.05 Å². The van der Waals surface area contributed by atoms with Gasteiger partial charge >= 0.3 is 0 Å². The van der Waals surface area contributed by atoms with Crippen LogP contribution in [0.2, 0.25) is 0 Å². The van der Waals surface area contributed by atoms with Crippen molar-refractivity contribution in [3.8, 4) is 0 Å². The zero-order valence-electron chi connectivity index (χ0n) is 13.7. The van der Waals surface area contributed by atoms with Crippen LogP contribution in [0.3, 0.4) is 0 Å². The maximum atomic E-state index is 4.82. The van der Waals surface area contributed by atoms with E-state index in [4.69, 9.17) is 4.98 Å². The topological polar surface area (TPSA) is 24.9 Å². The molecule has 1 heterocycles. The highest BCUT2D eigenvalue weighted by atomic mass is 32.1. The molecule has 2 aromatic rings. The molecule has 2 unspecified atom stereocenters. The maximum absolute atomic E-state index is 4.82. The number of benzene rings is 1. The fourth-order valence-electron chi connectivity index (χ4n) is 2.45. The molecule has 2 rings (SSSR count).